The van der Waals surface area contributed by atoms with Gasteiger partial charge in [0, 0.05) is 26.1 Å². The number of benzene rings is 2. The molecule has 166 valence electrons. The van der Waals surface area contributed by atoms with E-state index in [1.165, 1.54) is 15.9 Å². The van der Waals surface area contributed by atoms with Crippen LogP contribution in [0.3, 0.4) is 0 Å². The fourth-order valence-electron chi connectivity index (χ4n) is 4.18. The highest BCUT2D eigenvalue weighted by Gasteiger charge is 2.31. The van der Waals surface area contributed by atoms with Gasteiger partial charge in [-0.25, -0.2) is 8.42 Å². The molecule has 5 rings (SSSR count). The van der Waals surface area contributed by atoms with Crippen LogP contribution in [0.4, 0.5) is 0 Å². The molecule has 3 aromatic rings. The molecule has 1 amide bonds. The summed E-state index contributed by atoms with van der Waals surface area (Å²) in [6, 6.07) is 15.8. The Bertz CT molecular complexity index is 1240. The van der Waals surface area contributed by atoms with Crippen LogP contribution >= 0.6 is 11.3 Å². The van der Waals surface area contributed by atoms with Gasteiger partial charge in [-0.1, -0.05) is 30.3 Å². The Morgan fingerprint density at radius 3 is 2.56 bits per heavy atom. The number of nitrogens with zero attached hydrogens (tertiary/aromatic N) is 1. The zero-order valence-electron chi connectivity index (χ0n) is 17.5. The van der Waals surface area contributed by atoms with Gasteiger partial charge in [-0.2, -0.15) is 4.31 Å². The average molecular weight is 469 g/mol. The molecule has 2 aromatic carbocycles. The van der Waals surface area contributed by atoms with E-state index in [1.54, 1.807) is 5.38 Å². The third kappa shape index (κ3) is 4.05. The van der Waals surface area contributed by atoms with Gasteiger partial charge in [0.2, 0.25) is 10.0 Å². The lowest BCUT2D eigenvalue weighted by Crippen LogP contribution is -2.30. The predicted molar refractivity (Wildman–Crippen MR) is 125 cm³/mol. The van der Waals surface area contributed by atoms with Crippen LogP contribution in [-0.4, -0.2) is 38.3 Å². The maximum absolute atomic E-state index is 12.9. The number of sulfonamides is 1. The molecule has 3 heterocycles. The van der Waals surface area contributed by atoms with Gasteiger partial charge in [0.15, 0.2) is 0 Å². The van der Waals surface area contributed by atoms with Gasteiger partial charge in [-0.05, 0) is 58.7 Å². The van der Waals surface area contributed by atoms with Crippen molar-refractivity contribution in [3.63, 3.8) is 0 Å². The van der Waals surface area contributed by atoms with E-state index in [-0.39, 0.29) is 15.7 Å². The molecule has 6 nitrogen and oxygen atoms in total. The maximum Gasteiger partial charge on any atom is 0.263 e. The van der Waals surface area contributed by atoms with Crippen LogP contribution in [0, 0.1) is 0 Å². The fraction of sp³-hybridized carbons (Fsp3) is 0.292. The summed E-state index contributed by atoms with van der Waals surface area (Å²) < 4.78 is 32.8. The number of amides is 1. The molecule has 1 N–H and O–H groups in total. The predicted octanol–water partition coefficient (Wildman–Crippen LogP) is 4.06. The summed E-state index contributed by atoms with van der Waals surface area (Å²) in [6.07, 6.45) is 2.66. The van der Waals surface area contributed by atoms with E-state index in [1.807, 2.05) is 30.3 Å². The van der Waals surface area contributed by atoms with Gasteiger partial charge < -0.3 is 10.1 Å². The summed E-state index contributed by atoms with van der Waals surface area (Å²) in [7, 11) is -3.62. The molecule has 0 radical (unpaired) electrons. The minimum absolute atomic E-state index is 0.109. The number of rotatable bonds is 6. The molecule has 8 heteroatoms. The minimum Gasteiger partial charge on any atom is -0.493 e. The lowest BCUT2D eigenvalue weighted by Gasteiger charge is -2.15. The van der Waals surface area contributed by atoms with Gasteiger partial charge in [0.1, 0.15) is 15.5 Å². The minimum atomic E-state index is -3.62. The lowest BCUT2D eigenvalue weighted by molar-refractivity contribution is 0.0952. The van der Waals surface area contributed by atoms with E-state index >= 15 is 0 Å². The number of hydrogen-bond acceptors (Lipinski definition) is 5. The highest BCUT2D eigenvalue weighted by Crippen LogP contribution is 2.31. The van der Waals surface area contributed by atoms with Crippen molar-refractivity contribution in [1.82, 2.24) is 9.62 Å². The zero-order valence-corrected chi connectivity index (χ0v) is 19.2. The van der Waals surface area contributed by atoms with Crippen molar-refractivity contribution in [3.8, 4) is 16.9 Å². The van der Waals surface area contributed by atoms with Gasteiger partial charge in [0.05, 0.1) is 6.61 Å². The van der Waals surface area contributed by atoms with Crippen LogP contribution in [0.5, 0.6) is 5.75 Å². The van der Waals surface area contributed by atoms with Crippen LogP contribution in [0.2, 0.25) is 0 Å². The summed E-state index contributed by atoms with van der Waals surface area (Å²) >= 11 is 1.16. The Morgan fingerprint density at radius 1 is 1.03 bits per heavy atom. The first-order valence-electron chi connectivity index (χ1n) is 10.7. The van der Waals surface area contributed by atoms with Crippen LogP contribution in [-0.2, 0) is 23.0 Å². The van der Waals surface area contributed by atoms with E-state index in [0.717, 1.165) is 59.6 Å². The number of nitrogens with one attached hydrogen (secondary N) is 1. The van der Waals surface area contributed by atoms with Crippen LogP contribution in [0.15, 0.2) is 58.8 Å². The average Bonchev–Trinajstić information content (AvgIpc) is 3.58. The summed E-state index contributed by atoms with van der Waals surface area (Å²) in [5, 5.41) is 4.53. The number of ether oxygens (including phenoxy) is 1. The molecule has 2 aliphatic heterocycles. The van der Waals surface area contributed by atoms with Crippen molar-refractivity contribution in [2.75, 3.05) is 19.7 Å². The van der Waals surface area contributed by atoms with Crippen LogP contribution < -0.4 is 10.1 Å². The molecule has 1 fully saturated rings. The first kappa shape index (κ1) is 21.2. The molecule has 0 bridgehead atoms. The summed E-state index contributed by atoms with van der Waals surface area (Å²) in [5.74, 6) is 0.605. The molecule has 0 spiro atoms. The zero-order chi connectivity index (χ0) is 22.1. The monoisotopic (exact) mass is 468 g/mol. The highest BCUT2D eigenvalue weighted by atomic mass is 32.2. The Balaban J connectivity index is 1.26. The standard InChI is InChI=1S/C24H24N2O4S2/c27-24(23-22(10-14-31-23)32(28,29)26-11-1-2-12-26)25-16-17-3-5-18(6-4-17)19-7-8-21-20(15-19)9-13-30-21/h3-8,10,14-15H,1-2,9,11-13,16H2,(H,25,27). The molecule has 1 aromatic heterocycles. The molecule has 0 atom stereocenters. The molecule has 0 unspecified atom stereocenters. The van der Waals surface area contributed by atoms with E-state index in [0.29, 0.717) is 19.6 Å². The third-order valence-electron chi connectivity index (χ3n) is 5.95. The largest absolute Gasteiger partial charge is 0.493 e. The molecule has 0 saturated carbocycles. The highest BCUT2D eigenvalue weighted by molar-refractivity contribution is 7.89. The second-order valence-corrected chi connectivity index (χ2v) is 10.8. The molecule has 0 aliphatic carbocycles. The van der Waals surface area contributed by atoms with E-state index in [2.05, 4.69) is 17.4 Å². The number of carbonyl (C=O) groups excluding carboxylic acids is 1. The van der Waals surface area contributed by atoms with Crippen molar-refractivity contribution < 1.29 is 17.9 Å². The van der Waals surface area contributed by atoms with E-state index in [4.69, 9.17) is 4.74 Å². The smallest absolute Gasteiger partial charge is 0.263 e. The molecular weight excluding hydrogens is 444 g/mol. The quantitative estimate of drug-likeness (QED) is 0.592. The van der Waals surface area contributed by atoms with E-state index < -0.39 is 10.0 Å². The Kier molecular flexibility index (Phi) is 5.75. The topological polar surface area (TPSA) is 75.7 Å². The second-order valence-electron chi connectivity index (χ2n) is 8.03. The Morgan fingerprint density at radius 2 is 1.78 bits per heavy atom. The van der Waals surface area contributed by atoms with Crippen molar-refractivity contribution in [3.05, 3.63) is 69.9 Å². The molecule has 2 aliphatic rings. The second kappa shape index (κ2) is 8.69. The third-order valence-corrected chi connectivity index (χ3v) is 8.93. The fourth-order valence-corrected chi connectivity index (χ4v) is 7.01. The van der Waals surface area contributed by atoms with Crippen molar-refractivity contribution in [1.29, 1.82) is 0 Å². The molecule has 32 heavy (non-hydrogen) atoms. The normalized spacial score (nSPS) is 16.0. The maximum atomic E-state index is 12.9. The van der Waals surface area contributed by atoms with Gasteiger partial charge in [0.25, 0.3) is 5.91 Å². The number of hydrogen-bond donors (Lipinski definition) is 1. The SMILES string of the molecule is O=C(NCc1ccc(-c2ccc3c(c2)CCO3)cc1)c1sccc1S(=O)(=O)N1CCCC1. The number of fused-ring (bicyclic) bond motifs is 1. The van der Waals surface area contributed by atoms with Crippen LogP contribution in [0.25, 0.3) is 11.1 Å². The van der Waals surface area contributed by atoms with E-state index in [9.17, 15) is 13.2 Å². The Labute approximate surface area is 191 Å². The van der Waals surface area contributed by atoms with Gasteiger partial charge in [-0.3, -0.25) is 4.79 Å². The summed E-state index contributed by atoms with van der Waals surface area (Å²) in [4.78, 5) is 13.1. The first-order chi connectivity index (χ1) is 15.5. The molecule has 1 saturated heterocycles. The summed E-state index contributed by atoms with van der Waals surface area (Å²) in [6.45, 7) is 2.10. The van der Waals surface area contributed by atoms with Crippen LogP contribution in [0.1, 0.15) is 33.6 Å². The Hall–Kier alpha value is -2.68. The van der Waals surface area contributed by atoms with Gasteiger partial charge in [-0.15, -0.1) is 11.3 Å². The number of carbonyl (C=O) groups is 1. The van der Waals surface area contributed by atoms with Crippen molar-refractivity contribution in [2.24, 2.45) is 0 Å². The number of thiophene rings is 1. The summed E-state index contributed by atoms with van der Waals surface area (Å²) in [5.41, 5.74) is 4.42. The first-order valence-corrected chi connectivity index (χ1v) is 13.1. The van der Waals surface area contributed by atoms with Crippen molar-refractivity contribution in [2.45, 2.75) is 30.7 Å². The molecular formula is C24H24N2O4S2. The lowest BCUT2D eigenvalue weighted by atomic mass is 10.0. The van der Waals surface area contributed by atoms with Gasteiger partial charge >= 0.3 is 0 Å². The van der Waals surface area contributed by atoms with Crippen molar-refractivity contribution >= 4 is 27.3 Å².